The summed E-state index contributed by atoms with van der Waals surface area (Å²) < 4.78 is 1.37. The van der Waals surface area contributed by atoms with Gasteiger partial charge in [-0.1, -0.05) is 18.2 Å². The number of anilines is 1. The lowest BCUT2D eigenvalue weighted by molar-refractivity contribution is -0.118. The van der Waals surface area contributed by atoms with Gasteiger partial charge in [-0.05, 0) is 17.5 Å². The Kier molecular flexibility index (Phi) is 2.82. The van der Waals surface area contributed by atoms with Crippen molar-refractivity contribution in [1.29, 1.82) is 0 Å². The van der Waals surface area contributed by atoms with E-state index in [1.54, 1.807) is 18.2 Å². The van der Waals surface area contributed by atoms with E-state index in [1.165, 1.54) is 4.57 Å². The SMILES string of the molecule is NC(=O)CCn1c(N)cc2ccccc2c1=O. The number of hydrogen-bond acceptors (Lipinski definition) is 3. The fourth-order valence-electron chi connectivity index (χ4n) is 1.77. The first-order valence-corrected chi connectivity index (χ1v) is 5.26. The molecule has 0 aliphatic carbocycles. The molecule has 0 spiro atoms. The van der Waals surface area contributed by atoms with E-state index in [0.29, 0.717) is 11.2 Å². The number of carbonyl (C=O) groups excluding carboxylic acids is 1. The van der Waals surface area contributed by atoms with Crippen molar-refractivity contribution in [2.45, 2.75) is 13.0 Å². The molecule has 4 N–H and O–H groups in total. The standard InChI is InChI=1S/C12H13N3O2/c13-10-7-8-3-1-2-4-9(8)12(17)15(10)6-5-11(14)16/h1-4,7H,5-6,13H2,(H2,14,16). The van der Waals surface area contributed by atoms with Crippen molar-refractivity contribution >= 4 is 22.5 Å². The molecule has 88 valence electrons. The quantitative estimate of drug-likeness (QED) is 0.803. The average molecular weight is 231 g/mol. The largest absolute Gasteiger partial charge is 0.385 e. The number of nitrogens with two attached hydrogens (primary N) is 2. The van der Waals surface area contributed by atoms with Gasteiger partial charge in [0, 0.05) is 18.4 Å². The van der Waals surface area contributed by atoms with E-state index in [0.717, 1.165) is 5.39 Å². The van der Waals surface area contributed by atoms with Crippen molar-refractivity contribution in [3.05, 3.63) is 40.7 Å². The molecule has 1 aromatic heterocycles. The van der Waals surface area contributed by atoms with E-state index < -0.39 is 5.91 Å². The number of benzene rings is 1. The van der Waals surface area contributed by atoms with Crippen molar-refractivity contribution in [2.75, 3.05) is 5.73 Å². The molecular weight excluding hydrogens is 218 g/mol. The normalized spacial score (nSPS) is 10.6. The maximum absolute atomic E-state index is 12.1. The Morgan fingerprint density at radius 1 is 1.29 bits per heavy atom. The van der Waals surface area contributed by atoms with Gasteiger partial charge >= 0.3 is 0 Å². The van der Waals surface area contributed by atoms with E-state index >= 15 is 0 Å². The number of hydrogen-bond donors (Lipinski definition) is 2. The van der Waals surface area contributed by atoms with Crippen LogP contribution in [0, 0.1) is 0 Å². The third-order valence-electron chi connectivity index (χ3n) is 2.63. The molecule has 0 saturated heterocycles. The Morgan fingerprint density at radius 3 is 2.71 bits per heavy atom. The highest BCUT2D eigenvalue weighted by Crippen LogP contribution is 2.13. The molecule has 0 aliphatic rings. The number of nitrogen functional groups attached to an aromatic ring is 1. The van der Waals surface area contributed by atoms with Crippen LogP contribution in [0.15, 0.2) is 35.1 Å². The monoisotopic (exact) mass is 231 g/mol. The van der Waals surface area contributed by atoms with Crippen molar-refractivity contribution in [1.82, 2.24) is 4.57 Å². The summed E-state index contributed by atoms with van der Waals surface area (Å²) in [6.45, 7) is 0.213. The smallest absolute Gasteiger partial charge is 0.259 e. The molecule has 0 aliphatic heterocycles. The first kappa shape index (κ1) is 11.2. The Bertz CT molecular complexity index is 631. The molecule has 0 atom stereocenters. The second-order valence-corrected chi connectivity index (χ2v) is 3.83. The van der Waals surface area contributed by atoms with Crippen molar-refractivity contribution < 1.29 is 4.79 Å². The zero-order valence-electron chi connectivity index (χ0n) is 9.22. The summed E-state index contributed by atoms with van der Waals surface area (Å²) in [6, 6.07) is 8.91. The predicted octanol–water partition coefficient (Wildman–Crippen LogP) is 0.459. The summed E-state index contributed by atoms with van der Waals surface area (Å²) >= 11 is 0. The van der Waals surface area contributed by atoms with Gasteiger partial charge in [0.15, 0.2) is 0 Å². The first-order chi connectivity index (χ1) is 8.09. The minimum Gasteiger partial charge on any atom is -0.385 e. The molecule has 0 radical (unpaired) electrons. The molecule has 0 fully saturated rings. The highest BCUT2D eigenvalue weighted by atomic mass is 16.1. The molecule has 17 heavy (non-hydrogen) atoms. The molecule has 0 saturated carbocycles. The van der Waals surface area contributed by atoms with E-state index in [-0.39, 0.29) is 18.5 Å². The number of fused-ring (bicyclic) bond motifs is 1. The molecule has 2 aromatic rings. The second kappa shape index (κ2) is 4.29. The number of amides is 1. The van der Waals surface area contributed by atoms with E-state index in [1.807, 2.05) is 12.1 Å². The Hall–Kier alpha value is -2.30. The van der Waals surface area contributed by atoms with Crippen LogP contribution in [0.5, 0.6) is 0 Å². The van der Waals surface area contributed by atoms with Crippen molar-refractivity contribution in [3.8, 4) is 0 Å². The van der Waals surface area contributed by atoms with Gasteiger partial charge in [-0.25, -0.2) is 0 Å². The number of aromatic nitrogens is 1. The zero-order valence-corrected chi connectivity index (χ0v) is 9.22. The summed E-state index contributed by atoms with van der Waals surface area (Å²) in [5.41, 5.74) is 10.6. The maximum atomic E-state index is 12.1. The topological polar surface area (TPSA) is 91.1 Å². The van der Waals surface area contributed by atoms with Gasteiger partial charge in [-0.15, -0.1) is 0 Å². The van der Waals surface area contributed by atoms with Gasteiger partial charge < -0.3 is 11.5 Å². The van der Waals surface area contributed by atoms with Crippen LogP contribution >= 0.6 is 0 Å². The van der Waals surface area contributed by atoms with Crippen molar-refractivity contribution in [3.63, 3.8) is 0 Å². The fourth-order valence-corrected chi connectivity index (χ4v) is 1.77. The molecule has 1 aromatic carbocycles. The number of pyridine rings is 1. The van der Waals surface area contributed by atoms with Crippen LogP contribution in [-0.4, -0.2) is 10.5 Å². The van der Waals surface area contributed by atoms with Crippen LogP contribution in [0.3, 0.4) is 0 Å². The van der Waals surface area contributed by atoms with Crippen LogP contribution in [0.4, 0.5) is 5.82 Å². The molecule has 5 nitrogen and oxygen atoms in total. The van der Waals surface area contributed by atoms with E-state index in [9.17, 15) is 9.59 Å². The lowest BCUT2D eigenvalue weighted by atomic mass is 10.1. The summed E-state index contributed by atoms with van der Waals surface area (Å²) in [5, 5.41) is 1.39. The molecular formula is C12H13N3O2. The Balaban J connectivity index is 2.56. The van der Waals surface area contributed by atoms with Gasteiger partial charge in [0.25, 0.3) is 5.56 Å². The van der Waals surface area contributed by atoms with Gasteiger partial charge in [0.2, 0.25) is 5.91 Å². The van der Waals surface area contributed by atoms with Crippen LogP contribution in [0.2, 0.25) is 0 Å². The number of carbonyl (C=O) groups is 1. The van der Waals surface area contributed by atoms with Gasteiger partial charge in [0.05, 0.1) is 0 Å². The zero-order chi connectivity index (χ0) is 12.4. The van der Waals surface area contributed by atoms with Crippen LogP contribution in [0.25, 0.3) is 10.8 Å². The van der Waals surface area contributed by atoms with Crippen LogP contribution < -0.4 is 17.0 Å². The van der Waals surface area contributed by atoms with Gasteiger partial charge in [0.1, 0.15) is 5.82 Å². The summed E-state index contributed by atoms with van der Waals surface area (Å²) in [6.07, 6.45) is 0.0996. The van der Waals surface area contributed by atoms with E-state index in [4.69, 9.17) is 11.5 Å². The molecule has 1 amide bonds. The lowest BCUT2D eigenvalue weighted by Crippen LogP contribution is -2.25. The molecule has 0 unspecified atom stereocenters. The Labute approximate surface area is 97.6 Å². The minimum absolute atomic E-state index is 0.0996. The molecule has 2 rings (SSSR count). The lowest BCUT2D eigenvalue weighted by Gasteiger charge is -2.09. The third-order valence-corrected chi connectivity index (χ3v) is 2.63. The Morgan fingerprint density at radius 2 is 2.00 bits per heavy atom. The summed E-state index contributed by atoms with van der Waals surface area (Å²) in [7, 11) is 0. The van der Waals surface area contributed by atoms with Crippen LogP contribution in [-0.2, 0) is 11.3 Å². The molecule has 5 heteroatoms. The second-order valence-electron chi connectivity index (χ2n) is 3.83. The third kappa shape index (κ3) is 2.13. The summed E-state index contributed by atoms with van der Waals surface area (Å²) in [5.74, 6) is -0.112. The number of rotatable bonds is 3. The fraction of sp³-hybridized carbons (Fsp3) is 0.167. The highest BCUT2D eigenvalue weighted by molar-refractivity contribution is 5.83. The predicted molar refractivity (Wildman–Crippen MR) is 66.4 cm³/mol. The average Bonchev–Trinajstić information content (AvgIpc) is 2.28. The highest BCUT2D eigenvalue weighted by Gasteiger charge is 2.07. The number of primary amides is 1. The first-order valence-electron chi connectivity index (χ1n) is 5.26. The van der Waals surface area contributed by atoms with Crippen molar-refractivity contribution in [2.24, 2.45) is 5.73 Å². The van der Waals surface area contributed by atoms with Crippen LogP contribution in [0.1, 0.15) is 6.42 Å². The number of nitrogens with zero attached hydrogens (tertiary/aromatic N) is 1. The molecule has 0 bridgehead atoms. The minimum atomic E-state index is -0.454. The van der Waals surface area contributed by atoms with Gasteiger partial charge in [-0.2, -0.15) is 0 Å². The van der Waals surface area contributed by atoms with Gasteiger partial charge in [-0.3, -0.25) is 14.2 Å². The molecule has 1 heterocycles. The van der Waals surface area contributed by atoms with E-state index in [2.05, 4.69) is 0 Å². The maximum Gasteiger partial charge on any atom is 0.259 e. The summed E-state index contributed by atoms with van der Waals surface area (Å²) in [4.78, 5) is 22.8.